The maximum atomic E-state index is 11.5. The summed E-state index contributed by atoms with van der Waals surface area (Å²) >= 11 is 0. The van der Waals surface area contributed by atoms with Crippen molar-refractivity contribution in [1.82, 2.24) is 0 Å². The van der Waals surface area contributed by atoms with Gasteiger partial charge < -0.3 is 0 Å². The molecule has 0 amide bonds. The Hall–Kier alpha value is -1.57. The Morgan fingerprint density at radius 3 is 2.15 bits per heavy atom. The quantitative estimate of drug-likeness (QED) is 0.647. The maximum absolute atomic E-state index is 11.5. The van der Waals surface area contributed by atoms with E-state index in [2.05, 4.69) is 12.1 Å². The van der Waals surface area contributed by atoms with Crippen LogP contribution in [0, 0.1) is 15.2 Å². The Balaban J connectivity index is 0.000000347. The fourth-order valence-electron chi connectivity index (χ4n) is 1.80. The van der Waals surface area contributed by atoms with Crippen LogP contribution in [0.3, 0.4) is 0 Å². The molecule has 0 radical (unpaired) electrons. The number of nitrogens with zero attached hydrogens (tertiary/aromatic N) is 1. The summed E-state index contributed by atoms with van der Waals surface area (Å²) in [6, 6.07) is 10.0. The normalized spacial score (nSPS) is 19.5. The summed E-state index contributed by atoms with van der Waals surface area (Å²) in [5.41, 5.74) is 3.06. The van der Waals surface area contributed by atoms with Gasteiger partial charge in [0.1, 0.15) is 0 Å². The summed E-state index contributed by atoms with van der Waals surface area (Å²) in [6.45, 7) is 3.76. The molecule has 20 heavy (non-hydrogen) atoms. The molecule has 7 heteroatoms. The second-order valence-corrected chi connectivity index (χ2v) is 5.14. The van der Waals surface area contributed by atoms with E-state index in [1.54, 1.807) is 0 Å². The van der Waals surface area contributed by atoms with Crippen molar-refractivity contribution in [2.45, 2.75) is 19.9 Å². The van der Waals surface area contributed by atoms with Gasteiger partial charge in [-0.15, -0.1) is 0 Å². The Morgan fingerprint density at radius 1 is 1.20 bits per heavy atom. The minimum atomic E-state index is -4.19. The third-order valence-electron chi connectivity index (χ3n) is 2.61. The molecule has 110 valence electrons. The van der Waals surface area contributed by atoms with Gasteiger partial charge in [0, 0.05) is 29.6 Å². The standard InChI is InChI=1S/C13H14NO.ClH3O4/c1-10-8-13(9-11(2)14(10)15)12-6-4-3-5-7-12;2-1(3,4)5/h3-10H,1-2H3;2-4H/q+1;. The van der Waals surface area contributed by atoms with Crippen molar-refractivity contribution in [2.24, 2.45) is 0 Å². The number of allylic oxidation sites excluding steroid dienone is 3. The Labute approximate surface area is 118 Å². The predicted molar refractivity (Wildman–Crippen MR) is 67.9 cm³/mol. The van der Waals surface area contributed by atoms with Gasteiger partial charge in [0.15, 0.2) is 0 Å². The van der Waals surface area contributed by atoms with Crippen LogP contribution < -0.4 is 4.66 Å². The SMILES string of the molecule is CC1=CC(c2ccccc2)=CC(C)[N+]1=O.[O-][Cl+](O)(O)O. The fourth-order valence-corrected chi connectivity index (χ4v) is 1.80. The van der Waals surface area contributed by atoms with Crippen LogP contribution in [-0.2, 0) is 0 Å². The van der Waals surface area contributed by atoms with E-state index in [1.807, 2.05) is 44.2 Å². The zero-order valence-electron chi connectivity index (χ0n) is 11.1. The molecule has 0 bridgehead atoms. The topological polar surface area (TPSA) is 104 Å². The van der Waals surface area contributed by atoms with E-state index >= 15 is 0 Å². The summed E-state index contributed by atoms with van der Waals surface area (Å²) in [5.74, 6) is 0. The van der Waals surface area contributed by atoms with Crippen molar-refractivity contribution in [2.75, 3.05) is 0 Å². The summed E-state index contributed by atoms with van der Waals surface area (Å²) in [4.78, 5) is 11.5. The molecule has 1 aliphatic rings. The molecule has 1 unspecified atom stereocenters. The molecule has 1 aliphatic heterocycles. The van der Waals surface area contributed by atoms with Gasteiger partial charge in [0.25, 0.3) is 0 Å². The molecular formula is C13H17ClNO5+. The van der Waals surface area contributed by atoms with Gasteiger partial charge in [-0.1, -0.05) is 30.3 Å². The molecule has 1 heterocycles. The third kappa shape index (κ3) is 5.60. The average molecular weight is 303 g/mol. The third-order valence-corrected chi connectivity index (χ3v) is 2.61. The zero-order chi connectivity index (χ0) is 15.3. The van der Waals surface area contributed by atoms with E-state index < -0.39 is 10.2 Å². The first kappa shape index (κ1) is 16.5. The first-order valence-electron chi connectivity index (χ1n) is 5.76. The molecule has 0 saturated carbocycles. The van der Waals surface area contributed by atoms with Crippen molar-refractivity contribution in [3.63, 3.8) is 0 Å². The Bertz CT molecular complexity index is 527. The predicted octanol–water partition coefficient (Wildman–Crippen LogP) is 0.295. The molecule has 0 spiro atoms. The van der Waals surface area contributed by atoms with Gasteiger partial charge in [0.2, 0.25) is 11.7 Å². The second kappa shape index (κ2) is 6.74. The van der Waals surface area contributed by atoms with E-state index in [9.17, 15) is 4.91 Å². The van der Waals surface area contributed by atoms with E-state index in [4.69, 9.17) is 18.6 Å². The van der Waals surface area contributed by atoms with Crippen molar-refractivity contribution in [1.29, 1.82) is 0 Å². The van der Waals surface area contributed by atoms with Crippen LogP contribution in [0.15, 0.2) is 48.2 Å². The fraction of sp³-hybridized carbons (Fsp3) is 0.231. The number of hydrogen-bond donors (Lipinski definition) is 3. The summed E-state index contributed by atoms with van der Waals surface area (Å²) < 4.78 is 31.3. The van der Waals surface area contributed by atoms with Gasteiger partial charge in [-0.3, -0.25) is 0 Å². The van der Waals surface area contributed by atoms with Crippen molar-refractivity contribution in [3.05, 3.63) is 58.7 Å². The second-order valence-electron chi connectivity index (χ2n) is 4.27. The summed E-state index contributed by atoms with van der Waals surface area (Å²) in [6.07, 6.45) is 3.93. The van der Waals surface area contributed by atoms with Crippen molar-refractivity contribution < 1.29 is 33.6 Å². The van der Waals surface area contributed by atoms with E-state index in [0.29, 0.717) is 0 Å². The molecule has 1 aromatic rings. The first-order valence-corrected chi connectivity index (χ1v) is 7.09. The Kier molecular flexibility index (Phi) is 5.55. The van der Waals surface area contributed by atoms with Crippen LogP contribution in [-0.4, -0.2) is 24.8 Å². The number of halogens is 1. The molecule has 1 aromatic carbocycles. The minimum absolute atomic E-state index is 0.0785. The van der Waals surface area contributed by atoms with Crippen molar-refractivity contribution in [3.8, 4) is 0 Å². The number of hydrogen-bond acceptors (Lipinski definition) is 5. The molecular weight excluding hydrogens is 286 g/mol. The molecule has 0 aliphatic carbocycles. The van der Waals surface area contributed by atoms with Crippen LogP contribution in [0.25, 0.3) is 5.57 Å². The van der Waals surface area contributed by atoms with Crippen LogP contribution in [0.1, 0.15) is 19.4 Å². The van der Waals surface area contributed by atoms with Gasteiger partial charge in [-0.2, -0.15) is 0 Å². The number of rotatable bonds is 1. The average Bonchev–Trinajstić information content (AvgIpc) is 2.34. The van der Waals surface area contributed by atoms with E-state index in [0.717, 1.165) is 21.6 Å². The van der Waals surface area contributed by atoms with E-state index in [1.165, 1.54) is 0 Å². The van der Waals surface area contributed by atoms with Gasteiger partial charge in [-0.25, -0.2) is 0 Å². The van der Waals surface area contributed by atoms with Gasteiger partial charge >= 0.3 is 28.9 Å². The molecule has 0 saturated heterocycles. The van der Waals surface area contributed by atoms with Crippen LogP contribution in [0.2, 0.25) is 0 Å². The molecule has 1 atom stereocenters. The summed E-state index contributed by atoms with van der Waals surface area (Å²) in [7, 11) is -4.19. The monoisotopic (exact) mass is 302 g/mol. The molecule has 3 N–H and O–H groups in total. The molecule has 0 aromatic heterocycles. The van der Waals surface area contributed by atoms with Crippen LogP contribution in [0.5, 0.6) is 0 Å². The molecule has 6 nitrogen and oxygen atoms in total. The van der Waals surface area contributed by atoms with Crippen molar-refractivity contribution >= 4 is 5.57 Å². The van der Waals surface area contributed by atoms with Crippen LogP contribution >= 0.6 is 0 Å². The number of nitroso groups, excluding NO2 is 1. The molecule has 0 fully saturated rings. The summed E-state index contributed by atoms with van der Waals surface area (Å²) in [5, 5.41) is 0. The number of benzene rings is 1. The first-order chi connectivity index (χ1) is 9.18. The Morgan fingerprint density at radius 2 is 1.70 bits per heavy atom. The van der Waals surface area contributed by atoms with E-state index in [-0.39, 0.29) is 6.04 Å². The zero-order valence-corrected chi connectivity index (χ0v) is 11.9. The van der Waals surface area contributed by atoms with Gasteiger partial charge in [0.05, 0.1) is 0 Å². The molecule has 2 rings (SSSR count). The van der Waals surface area contributed by atoms with Crippen LogP contribution in [0.4, 0.5) is 0 Å². The van der Waals surface area contributed by atoms with Gasteiger partial charge in [-0.05, 0) is 17.2 Å².